The van der Waals surface area contributed by atoms with Crippen LogP contribution in [0.3, 0.4) is 0 Å². The molecule has 1 atom stereocenters. The van der Waals surface area contributed by atoms with Crippen molar-refractivity contribution in [3.05, 3.63) is 29.8 Å². The van der Waals surface area contributed by atoms with E-state index >= 15 is 0 Å². The molecule has 1 unspecified atom stereocenters. The van der Waals surface area contributed by atoms with Crippen molar-refractivity contribution in [1.82, 2.24) is 9.80 Å². The van der Waals surface area contributed by atoms with Gasteiger partial charge >= 0.3 is 6.09 Å². The molecular formula is C25H37N3O4. The zero-order valence-corrected chi connectivity index (χ0v) is 20.1. The number of carbonyl (C=O) groups is 3. The number of carbonyl (C=O) groups excluding carboxylic acids is 3. The summed E-state index contributed by atoms with van der Waals surface area (Å²) in [6.45, 7) is 12.2. The first-order valence-electron chi connectivity index (χ1n) is 11.7. The molecule has 0 saturated carbocycles. The molecule has 1 aromatic rings. The van der Waals surface area contributed by atoms with Crippen LogP contribution >= 0.6 is 0 Å². The number of piperidine rings is 1. The minimum atomic E-state index is -0.537. The molecule has 0 bridgehead atoms. The van der Waals surface area contributed by atoms with Gasteiger partial charge in [0.15, 0.2) is 0 Å². The van der Waals surface area contributed by atoms with Crippen LogP contribution in [0.25, 0.3) is 0 Å². The van der Waals surface area contributed by atoms with E-state index in [-0.39, 0.29) is 29.9 Å². The fourth-order valence-corrected chi connectivity index (χ4v) is 4.38. The summed E-state index contributed by atoms with van der Waals surface area (Å²) in [7, 11) is 0. The Morgan fingerprint density at radius 2 is 1.81 bits per heavy atom. The highest BCUT2D eigenvalue weighted by Crippen LogP contribution is 2.24. The van der Waals surface area contributed by atoms with Gasteiger partial charge in [-0.2, -0.15) is 0 Å². The number of benzene rings is 1. The van der Waals surface area contributed by atoms with E-state index in [0.717, 1.165) is 38.0 Å². The number of hydrogen-bond donors (Lipinski definition) is 0. The predicted molar refractivity (Wildman–Crippen MR) is 125 cm³/mol. The summed E-state index contributed by atoms with van der Waals surface area (Å²) in [4.78, 5) is 43.2. The fourth-order valence-electron chi connectivity index (χ4n) is 4.38. The maximum absolute atomic E-state index is 13.1. The monoisotopic (exact) mass is 443 g/mol. The molecule has 0 aliphatic carbocycles. The second-order valence-electron chi connectivity index (χ2n) is 10.2. The van der Waals surface area contributed by atoms with Crippen molar-refractivity contribution in [3.8, 4) is 0 Å². The predicted octanol–water partition coefficient (Wildman–Crippen LogP) is 4.31. The zero-order valence-electron chi connectivity index (χ0n) is 20.1. The molecule has 32 heavy (non-hydrogen) atoms. The summed E-state index contributed by atoms with van der Waals surface area (Å²) in [6.07, 6.45) is 3.06. The Kier molecular flexibility index (Phi) is 7.47. The summed E-state index contributed by atoms with van der Waals surface area (Å²) in [6, 6.07) is 7.38. The van der Waals surface area contributed by atoms with E-state index in [9.17, 15) is 14.4 Å². The Labute approximate surface area is 191 Å². The number of rotatable bonds is 5. The summed E-state index contributed by atoms with van der Waals surface area (Å²) in [5.74, 6) is 0.356. The maximum Gasteiger partial charge on any atom is 0.410 e. The first-order chi connectivity index (χ1) is 15.0. The molecule has 3 rings (SSSR count). The number of nitrogens with zero attached hydrogens (tertiary/aromatic N) is 3. The standard InChI is InChI=1S/C25H37N3O4/c1-18(2)28(24(31)32-25(3,4)5)17-19-8-6-14-26(16-19)23(30)20-10-12-21(13-11-20)27-15-7-9-22(27)29/h10-13,18-19H,6-9,14-17H2,1-5H3. The maximum atomic E-state index is 13.1. The number of likely N-dealkylation sites (tertiary alicyclic amines) is 1. The Hall–Kier alpha value is -2.57. The normalized spacial score (nSPS) is 19.4. The fraction of sp³-hybridized carbons (Fsp3) is 0.640. The Bertz CT molecular complexity index is 829. The molecule has 0 radical (unpaired) electrons. The average Bonchev–Trinajstić information content (AvgIpc) is 3.16. The van der Waals surface area contributed by atoms with Gasteiger partial charge in [-0.15, -0.1) is 0 Å². The van der Waals surface area contributed by atoms with E-state index in [1.807, 2.05) is 63.8 Å². The Balaban J connectivity index is 1.62. The Morgan fingerprint density at radius 1 is 1.12 bits per heavy atom. The lowest BCUT2D eigenvalue weighted by Gasteiger charge is -2.37. The number of hydrogen-bond acceptors (Lipinski definition) is 4. The van der Waals surface area contributed by atoms with Crippen molar-refractivity contribution in [3.63, 3.8) is 0 Å². The molecule has 2 aliphatic heterocycles. The molecule has 7 heteroatoms. The molecule has 1 aromatic carbocycles. The molecule has 0 spiro atoms. The lowest BCUT2D eigenvalue weighted by molar-refractivity contribution is -0.117. The van der Waals surface area contributed by atoms with Gasteiger partial charge in [-0.1, -0.05) is 0 Å². The minimum absolute atomic E-state index is 0.00219. The van der Waals surface area contributed by atoms with Crippen molar-refractivity contribution in [2.24, 2.45) is 5.92 Å². The van der Waals surface area contributed by atoms with Gasteiger partial charge in [-0.25, -0.2) is 4.79 Å². The molecule has 0 N–H and O–H groups in total. The Morgan fingerprint density at radius 3 is 2.38 bits per heavy atom. The molecule has 7 nitrogen and oxygen atoms in total. The van der Waals surface area contributed by atoms with Gasteiger partial charge < -0.3 is 19.4 Å². The van der Waals surface area contributed by atoms with Gasteiger partial charge in [0.1, 0.15) is 5.60 Å². The summed E-state index contributed by atoms with van der Waals surface area (Å²) in [5, 5.41) is 0. The third-order valence-corrected chi connectivity index (χ3v) is 6.01. The van der Waals surface area contributed by atoms with E-state index in [1.54, 1.807) is 9.80 Å². The van der Waals surface area contributed by atoms with Gasteiger partial charge in [0.25, 0.3) is 5.91 Å². The number of anilines is 1. The van der Waals surface area contributed by atoms with Gasteiger partial charge in [0.2, 0.25) is 5.91 Å². The van der Waals surface area contributed by atoms with Crippen LogP contribution in [0.2, 0.25) is 0 Å². The molecule has 0 aromatic heterocycles. The van der Waals surface area contributed by atoms with E-state index in [2.05, 4.69) is 0 Å². The quantitative estimate of drug-likeness (QED) is 0.680. The van der Waals surface area contributed by atoms with E-state index in [0.29, 0.717) is 25.1 Å². The first-order valence-corrected chi connectivity index (χ1v) is 11.7. The van der Waals surface area contributed by atoms with Crippen LogP contribution in [0.5, 0.6) is 0 Å². The smallest absolute Gasteiger partial charge is 0.410 e. The van der Waals surface area contributed by atoms with Crippen LogP contribution in [0.1, 0.15) is 70.7 Å². The lowest BCUT2D eigenvalue weighted by Crippen LogP contribution is -2.48. The third-order valence-electron chi connectivity index (χ3n) is 6.01. The van der Waals surface area contributed by atoms with Crippen molar-refractivity contribution >= 4 is 23.6 Å². The summed E-state index contributed by atoms with van der Waals surface area (Å²) < 4.78 is 5.59. The van der Waals surface area contributed by atoms with Crippen LogP contribution in [0, 0.1) is 5.92 Å². The largest absolute Gasteiger partial charge is 0.444 e. The summed E-state index contributed by atoms with van der Waals surface area (Å²) in [5.41, 5.74) is 0.948. The van der Waals surface area contributed by atoms with E-state index in [1.165, 1.54) is 0 Å². The molecule has 2 saturated heterocycles. The van der Waals surface area contributed by atoms with Crippen LogP contribution in [-0.4, -0.2) is 65.5 Å². The van der Waals surface area contributed by atoms with Crippen LogP contribution in [0.15, 0.2) is 24.3 Å². The van der Waals surface area contributed by atoms with Gasteiger partial charge in [0.05, 0.1) is 0 Å². The summed E-state index contributed by atoms with van der Waals surface area (Å²) >= 11 is 0. The van der Waals surface area contributed by atoms with Gasteiger partial charge in [-0.3, -0.25) is 9.59 Å². The van der Waals surface area contributed by atoms with Crippen LogP contribution < -0.4 is 4.90 Å². The molecular weight excluding hydrogens is 406 g/mol. The molecule has 3 amide bonds. The molecule has 176 valence electrons. The van der Waals surface area contributed by atoms with Gasteiger partial charge in [-0.05, 0) is 84.1 Å². The van der Waals surface area contributed by atoms with E-state index < -0.39 is 5.60 Å². The second-order valence-corrected chi connectivity index (χ2v) is 10.2. The minimum Gasteiger partial charge on any atom is -0.444 e. The molecule has 2 aliphatic rings. The first kappa shape index (κ1) is 24.1. The van der Waals surface area contributed by atoms with Crippen molar-refractivity contribution in [2.75, 3.05) is 31.1 Å². The van der Waals surface area contributed by atoms with E-state index in [4.69, 9.17) is 4.74 Å². The van der Waals surface area contributed by atoms with Crippen molar-refractivity contribution in [1.29, 1.82) is 0 Å². The van der Waals surface area contributed by atoms with Crippen molar-refractivity contribution < 1.29 is 19.1 Å². The van der Waals surface area contributed by atoms with Crippen molar-refractivity contribution in [2.45, 2.75) is 71.9 Å². The molecule has 2 fully saturated rings. The average molecular weight is 444 g/mol. The topological polar surface area (TPSA) is 70.2 Å². The van der Waals surface area contributed by atoms with Crippen LogP contribution in [0.4, 0.5) is 10.5 Å². The highest BCUT2D eigenvalue weighted by molar-refractivity contribution is 5.97. The van der Waals surface area contributed by atoms with Gasteiger partial charge in [0, 0.05) is 49.9 Å². The van der Waals surface area contributed by atoms with Crippen LogP contribution in [-0.2, 0) is 9.53 Å². The molecule has 2 heterocycles. The SMILES string of the molecule is CC(C)N(CC1CCCN(C(=O)c2ccc(N3CCCC3=O)cc2)C1)C(=O)OC(C)(C)C. The number of ether oxygens (including phenoxy) is 1. The highest BCUT2D eigenvalue weighted by atomic mass is 16.6. The lowest BCUT2D eigenvalue weighted by atomic mass is 9.96. The third kappa shape index (κ3) is 6.02. The second kappa shape index (κ2) is 9.92. The highest BCUT2D eigenvalue weighted by Gasteiger charge is 2.30. The number of amides is 3. The zero-order chi connectivity index (χ0) is 23.5.